The molecule has 0 saturated carbocycles. The van der Waals surface area contributed by atoms with E-state index in [0.717, 1.165) is 15.6 Å². The van der Waals surface area contributed by atoms with Gasteiger partial charge in [0.25, 0.3) is 5.91 Å². The molecule has 1 aliphatic rings. The summed E-state index contributed by atoms with van der Waals surface area (Å²) < 4.78 is 13.9. The van der Waals surface area contributed by atoms with Gasteiger partial charge in [0.2, 0.25) is 0 Å². The average molecular weight is 420 g/mol. The number of imide groups is 1. The number of hydrogen-bond donors (Lipinski definition) is 1. The van der Waals surface area contributed by atoms with E-state index in [1.54, 1.807) is 26.1 Å². The van der Waals surface area contributed by atoms with Crippen molar-refractivity contribution in [2.45, 2.75) is 19.0 Å². The van der Waals surface area contributed by atoms with Crippen molar-refractivity contribution in [1.82, 2.24) is 15.1 Å². The number of nitrogens with zero attached hydrogens (tertiary/aromatic N) is 2. The number of benzene rings is 2. The Morgan fingerprint density at radius 3 is 2.35 bits per heavy atom. The standard InChI is InChI=1S/C19H19BrFN3O2/c1-19(14-5-7-15(20)8-6-14)17(25)24(18(26)22-19)12-23(2)11-13-3-9-16(21)10-4-13/h3-10H,11-12H2,1-2H3,(H,22,26)/t19-/m0/s1. The highest BCUT2D eigenvalue weighted by Crippen LogP contribution is 2.29. The summed E-state index contributed by atoms with van der Waals surface area (Å²) in [6.07, 6.45) is 0. The molecule has 26 heavy (non-hydrogen) atoms. The van der Waals surface area contributed by atoms with Gasteiger partial charge >= 0.3 is 6.03 Å². The summed E-state index contributed by atoms with van der Waals surface area (Å²) in [5.74, 6) is -0.591. The molecule has 1 fully saturated rings. The lowest BCUT2D eigenvalue weighted by atomic mass is 9.92. The van der Waals surface area contributed by atoms with Gasteiger partial charge in [-0.3, -0.25) is 9.69 Å². The summed E-state index contributed by atoms with van der Waals surface area (Å²) in [6, 6.07) is 13.0. The zero-order valence-corrected chi connectivity index (χ0v) is 16.1. The van der Waals surface area contributed by atoms with Crippen LogP contribution in [-0.4, -0.2) is 35.5 Å². The van der Waals surface area contributed by atoms with Crippen LogP contribution in [0.2, 0.25) is 0 Å². The van der Waals surface area contributed by atoms with Crippen molar-refractivity contribution in [2.75, 3.05) is 13.7 Å². The smallest absolute Gasteiger partial charge is 0.319 e. The van der Waals surface area contributed by atoms with Gasteiger partial charge in [-0.1, -0.05) is 40.2 Å². The van der Waals surface area contributed by atoms with Gasteiger partial charge in [-0.25, -0.2) is 14.1 Å². The molecule has 0 bridgehead atoms. The number of carbonyl (C=O) groups is 2. The first-order valence-electron chi connectivity index (χ1n) is 8.13. The molecule has 0 unspecified atom stereocenters. The molecule has 1 atom stereocenters. The quantitative estimate of drug-likeness (QED) is 0.755. The van der Waals surface area contributed by atoms with Crippen LogP contribution in [0.5, 0.6) is 0 Å². The highest BCUT2D eigenvalue weighted by Gasteiger charge is 2.49. The number of nitrogens with one attached hydrogen (secondary N) is 1. The van der Waals surface area contributed by atoms with Crippen LogP contribution in [0.3, 0.4) is 0 Å². The molecule has 3 rings (SSSR count). The van der Waals surface area contributed by atoms with Crippen molar-refractivity contribution in [2.24, 2.45) is 0 Å². The van der Waals surface area contributed by atoms with Crippen LogP contribution < -0.4 is 5.32 Å². The Morgan fingerprint density at radius 1 is 1.12 bits per heavy atom. The zero-order chi connectivity index (χ0) is 18.9. The van der Waals surface area contributed by atoms with Crippen molar-refractivity contribution in [3.63, 3.8) is 0 Å². The van der Waals surface area contributed by atoms with Gasteiger partial charge in [-0.05, 0) is 49.4 Å². The molecule has 0 spiro atoms. The summed E-state index contributed by atoms with van der Waals surface area (Å²) in [5, 5.41) is 2.79. The maximum absolute atomic E-state index is 13.0. The van der Waals surface area contributed by atoms with Crippen molar-refractivity contribution >= 4 is 27.9 Å². The van der Waals surface area contributed by atoms with Crippen LogP contribution in [0.4, 0.5) is 9.18 Å². The summed E-state index contributed by atoms with van der Waals surface area (Å²) in [5.41, 5.74) is 0.536. The molecular formula is C19H19BrFN3O2. The van der Waals surface area contributed by atoms with Gasteiger partial charge < -0.3 is 5.32 Å². The molecule has 5 nitrogen and oxygen atoms in total. The van der Waals surface area contributed by atoms with Gasteiger partial charge in [0.15, 0.2) is 0 Å². The molecule has 136 valence electrons. The molecule has 1 heterocycles. The Labute approximate surface area is 159 Å². The molecule has 1 N–H and O–H groups in total. The normalized spacial score (nSPS) is 20.0. The average Bonchev–Trinajstić information content (AvgIpc) is 2.82. The summed E-state index contributed by atoms with van der Waals surface area (Å²) >= 11 is 3.37. The Balaban J connectivity index is 1.72. The van der Waals surface area contributed by atoms with E-state index in [4.69, 9.17) is 0 Å². The first kappa shape index (κ1) is 18.5. The van der Waals surface area contributed by atoms with E-state index in [9.17, 15) is 14.0 Å². The van der Waals surface area contributed by atoms with Crippen LogP contribution in [0.25, 0.3) is 0 Å². The maximum atomic E-state index is 13.0. The van der Waals surface area contributed by atoms with Gasteiger partial charge in [0.1, 0.15) is 11.4 Å². The molecule has 2 aromatic rings. The molecule has 2 aromatic carbocycles. The fourth-order valence-electron chi connectivity index (χ4n) is 3.00. The van der Waals surface area contributed by atoms with Gasteiger partial charge in [0.05, 0.1) is 6.67 Å². The minimum absolute atomic E-state index is 0.147. The highest BCUT2D eigenvalue weighted by atomic mass is 79.9. The van der Waals surface area contributed by atoms with Crippen molar-refractivity contribution < 1.29 is 14.0 Å². The van der Waals surface area contributed by atoms with Crippen molar-refractivity contribution in [1.29, 1.82) is 0 Å². The lowest BCUT2D eigenvalue weighted by Crippen LogP contribution is -2.42. The monoisotopic (exact) mass is 419 g/mol. The van der Waals surface area contributed by atoms with Gasteiger partial charge in [-0.15, -0.1) is 0 Å². The van der Waals surface area contributed by atoms with Crippen LogP contribution in [0, 0.1) is 5.82 Å². The third kappa shape index (κ3) is 3.64. The summed E-state index contributed by atoms with van der Waals surface area (Å²) in [4.78, 5) is 28.3. The Bertz CT molecular complexity index is 826. The zero-order valence-electron chi connectivity index (χ0n) is 14.5. The van der Waals surface area contributed by atoms with E-state index in [0.29, 0.717) is 6.54 Å². The number of amides is 3. The van der Waals surface area contributed by atoms with E-state index in [2.05, 4.69) is 21.2 Å². The lowest BCUT2D eigenvalue weighted by molar-refractivity contribution is -0.132. The Hall–Kier alpha value is -2.25. The molecule has 1 aliphatic heterocycles. The topological polar surface area (TPSA) is 52.6 Å². The summed E-state index contributed by atoms with van der Waals surface area (Å²) in [6.45, 7) is 2.34. The predicted molar refractivity (Wildman–Crippen MR) is 99.6 cm³/mol. The minimum Gasteiger partial charge on any atom is -0.319 e. The minimum atomic E-state index is -1.09. The SMILES string of the molecule is CN(Cc1ccc(F)cc1)CN1C(=O)N[C@@](C)(c2ccc(Br)cc2)C1=O. The fraction of sp³-hybridized carbons (Fsp3) is 0.263. The van der Waals surface area contributed by atoms with Crippen LogP contribution >= 0.6 is 15.9 Å². The van der Waals surface area contributed by atoms with Crippen LogP contribution in [0.1, 0.15) is 18.1 Å². The van der Waals surface area contributed by atoms with Gasteiger partial charge in [0, 0.05) is 11.0 Å². The Morgan fingerprint density at radius 2 is 1.73 bits per heavy atom. The van der Waals surface area contributed by atoms with Crippen LogP contribution in [0.15, 0.2) is 53.0 Å². The van der Waals surface area contributed by atoms with Crippen molar-refractivity contribution in [3.05, 3.63) is 69.9 Å². The number of halogens is 2. The molecule has 0 aromatic heterocycles. The number of hydrogen-bond acceptors (Lipinski definition) is 3. The highest BCUT2D eigenvalue weighted by molar-refractivity contribution is 9.10. The number of carbonyl (C=O) groups excluding carboxylic acids is 2. The number of urea groups is 1. The molecule has 3 amide bonds. The molecule has 0 radical (unpaired) electrons. The fourth-order valence-corrected chi connectivity index (χ4v) is 3.26. The van der Waals surface area contributed by atoms with E-state index in [1.807, 2.05) is 29.2 Å². The van der Waals surface area contributed by atoms with Gasteiger partial charge in [-0.2, -0.15) is 0 Å². The molecule has 1 saturated heterocycles. The Kier molecular flexibility index (Phi) is 5.11. The lowest BCUT2D eigenvalue weighted by Gasteiger charge is -2.25. The van der Waals surface area contributed by atoms with E-state index >= 15 is 0 Å². The molecule has 7 heteroatoms. The van der Waals surface area contributed by atoms with E-state index < -0.39 is 11.6 Å². The second-order valence-corrected chi connectivity index (χ2v) is 7.49. The molecular weight excluding hydrogens is 401 g/mol. The van der Waals surface area contributed by atoms with Crippen LogP contribution in [-0.2, 0) is 16.9 Å². The number of rotatable bonds is 5. The summed E-state index contributed by atoms with van der Waals surface area (Å²) in [7, 11) is 1.80. The molecule has 0 aliphatic carbocycles. The first-order chi connectivity index (χ1) is 12.3. The first-order valence-corrected chi connectivity index (χ1v) is 8.92. The predicted octanol–water partition coefficient (Wildman–Crippen LogP) is 3.44. The van der Waals surface area contributed by atoms with E-state index in [1.165, 1.54) is 17.0 Å². The van der Waals surface area contributed by atoms with Crippen molar-refractivity contribution in [3.8, 4) is 0 Å². The van der Waals surface area contributed by atoms with E-state index in [-0.39, 0.29) is 18.4 Å². The second-order valence-electron chi connectivity index (χ2n) is 6.58. The third-order valence-electron chi connectivity index (χ3n) is 4.45. The maximum Gasteiger partial charge on any atom is 0.326 e. The largest absolute Gasteiger partial charge is 0.326 e. The second kappa shape index (κ2) is 7.17. The third-order valence-corrected chi connectivity index (χ3v) is 4.97.